The Labute approximate surface area is 200 Å². The molecule has 1 amide bonds. The quantitative estimate of drug-likeness (QED) is 0.294. The lowest BCUT2D eigenvalue weighted by Crippen LogP contribution is -2.13. The summed E-state index contributed by atoms with van der Waals surface area (Å²) < 4.78 is 11.4. The van der Waals surface area contributed by atoms with E-state index < -0.39 is 5.91 Å². The minimum absolute atomic E-state index is 0.109. The van der Waals surface area contributed by atoms with E-state index in [-0.39, 0.29) is 12.2 Å². The first-order valence-electron chi connectivity index (χ1n) is 9.33. The molecule has 0 atom stereocenters. The number of hydrogen-bond donors (Lipinski definition) is 1. The zero-order valence-electron chi connectivity index (χ0n) is 16.9. The van der Waals surface area contributed by atoms with Crippen LogP contribution in [0, 0.1) is 11.3 Å². The molecule has 0 radical (unpaired) electrons. The van der Waals surface area contributed by atoms with E-state index in [2.05, 4.69) is 5.32 Å². The molecule has 0 aromatic heterocycles. The van der Waals surface area contributed by atoms with Crippen LogP contribution in [0.2, 0.25) is 15.1 Å². The average molecular weight is 488 g/mol. The number of rotatable bonds is 7. The number of benzene rings is 3. The second-order valence-corrected chi connectivity index (χ2v) is 7.81. The number of amides is 1. The van der Waals surface area contributed by atoms with Crippen molar-refractivity contribution in [1.82, 2.24) is 0 Å². The summed E-state index contributed by atoms with van der Waals surface area (Å²) in [6.45, 7) is 0.135. The molecule has 3 aromatic carbocycles. The molecular weight excluding hydrogens is 471 g/mol. The highest BCUT2D eigenvalue weighted by molar-refractivity contribution is 6.35. The normalized spacial score (nSPS) is 10.9. The number of carbonyl (C=O) groups is 1. The Kier molecular flexibility index (Phi) is 8.02. The number of nitrogens with one attached hydrogen (secondary N) is 1. The van der Waals surface area contributed by atoms with Crippen molar-refractivity contribution < 1.29 is 14.3 Å². The standard InChI is InChI=1S/C24H17Cl3N2O3/c1-31-22-4-2-3-15(23(22)32-14-16-5-6-19(26)12-21(16)27)11-17(13-28)24(30)29-20-9-7-18(25)8-10-20/h2-12H,14H2,1H3,(H,29,30)/b17-11+. The van der Waals surface area contributed by atoms with Gasteiger partial charge in [-0.25, -0.2) is 0 Å². The first kappa shape index (κ1) is 23.5. The monoisotopic (exact) mass is 486 g/mol. The maximum atomic E-state index is 12.6. The van der Waals surface area contributed by atoms with Crippen molar-refractivity contribution >= 4 is 52.5 Å². The third kappa shape index (κ3) is 5.95. The van der Waals surface area contributed by atoms with Crippen LogP contribution in [0.5, 0.6) is 11.5 Å². The molecule has 0 spiro atoms. The topological polar surface area (TPSA) is 71.3 Å². The maximum Gasteiger partial charge on any atom is 0.266 e. The molecule has 32 heavy (non-hydrogen) atoms. The highest BCUT2D eigenvalue weighted by atomic mass is 35.5. The van der Waals surface area contributed by atoms with Gasteiger partial charge in [-0.05, 0) is 48.5 Å². The molecule has 0 saturated heterocycles. The van der Waals surface area contributed by atoms with Crippen LogP contribution >= 0.6 is 34.8 Å². The summed E-state index contributed by atoms with van der Waals surface area (Å²) in [5, 5.41) is 13.8. The summed E-state index contributed by atoms with van der Waals surface area (Å²) in [5.74, 6) is 0.247. The van der Waals surface area contributed by atoms with Gasteiger partial charge in [-0.15, -0.1) is 0 Å². The van der Waals surface area contributed by atoms with Crippen LogP contribution in [0.4, 0.5) is 5.69 Å². The van der Waals surface area contributed by atoms with Crippen LogP contribution in [-0.2, 0) is 11.4 Å². The number of nitrogens with zero attached hydrogens (tertiary/aromatic N) is 1. The summed E-state index contributed by atoms with van der Waals surface area (Å²) in [6.07, 6.45) is 1.44. The van der Waals surface area contributed by atoms with Crippen LogP contribution in [0.1, 0.15) is 11.1 Å². The number of anilines is 1. The Morgan fingerprint density at radius 2 is 1.78 bits per heavy atom. The lowest BCUT2D eigenvalue weighted by molar-refractivity contribution is -0.112. The molecule has 3 aromatic rings. The number of hydrogen-bond acceptors (Lipinski definition) is 4. The van der Waals surface area contributed by atoms with Gasteiger partial charge in [0.05, 0.1) is 7.11 Å². The van der Waals surface area contributed by atoms with Crippen molar-refractivity contribution in [3.05, 3.63) is 92.4 Å². The van der Waals surface area contributed by atoms with Crippen LogP contribution in [0.15, 0.2) is 66.2 Å². The predicted octanol–water partition coefficient (Wildman–Crippen LogP) is 6.78. The Hall–Kier alpha value is -3.17. The van der Waals surface area contributed by atoms with Crippen molar-refractivity contribution in [2.45, 2.75) is 6.61 Å². The van der Waals surface area contributed by atoms with Crippen LogP contribution < -0.4 is 14.8 Å². The first-order valence-corrected chi connectivity index (χ1v) is 10.5. The van der Waals surface area contributed by atoms with E-state index in [9.17, 15) is 10.1 Å². The SMILES string of the molecule is COc1cccc(/C=C(\C#N)C(=O)Nc2ccc(Cl)cc2)c1OCc1ccc(Cl)cc1Cl. The molecule has 0 aliphatic rings. The Bertz CT molecular complexity index is 1200. The van der Waals surface area contributed by atoms with Gasteiger partial charge in [-0.2, -0.15) is 5.26 Å². The highest BCUT2D eigenvalue weighted by Gasteiger charge is 2.15. The fraction of sp³-hybridized carbons (Fsp3) is 0.0833. The summed E-state index contributed by atoms with van der Waals surface area (Å²) in [6, 6.07) is 18.8. The molecule has 5 nitrogen and oxygen atoms in total. The second-order valence-electron chi connectivity index (χ2n) is 6.53. The van der Waals surface area contributed by atoms with Gasteiger partial charge in [0.25, 0.3) is 5.91 Å². The van der Waals surface area contributed by atoms with Gasteiger partial charge < -0.3 is 14.8 Å². The highest BCUT2D eigenvalue weighted by Crippen LogP contribution is 2.34. The molecule has 3 rings (SSSR count). The smallest absolute Gasteiger partial charge is 0.266 e. The van der Waals surface area contributed by atoms with Gasteiger partial charge in [0.15, 0.2) is 11.5 Å². The molecule has 8 heteroatoms. The Morgan fingerprint density at radius 1 is 1.06 bits per heavy atom. The lowest BCUT2D eigenvalue weighted by Gasteiger charge is -2.14. The number of halogens is 3. The van der Waals surface area contributed by atoms with Crippen molar-refractivity contribution in [2.24, 2.45) is 0 Å². The number of ether oxygens (including phenoxy) is 2. The molecule has 0 bridgehead atoms. The molecule has 0 heterocycles. The molecule has 162 valence electrons. The third-order valence-corrected chi connectivity index (χ3v) is 5.22. The van der Waals surface area contributed by atoms with Crippen molar-refractivity contribution in [3.63, 3.8) is 0 Å². The Balaban J connectivity index is 1.88. The fourth-order valence-electron chi connectivity index (χ4n) is 2.79. The zero-order chi connectivity index (χ0) is 23.1. The van der Waals surface area contributed by atoms with Crippen molar-refractivity contribution in [2.75, 3.05) is 12.4 Å². The van der Waals surface area contributed by atoms with E-state index in [0.717, 1.165) is 5.56 Å². The van der Waals surface area contributed by atoms with Crippen LogP contribution in [0.25, 0.3) is 6.08 Å². The van der Waals surface area contributed by atoms with E-state index in [1.807, 2.05) is 6.07 Å². The summed E-state index contributed by atoms with van der Waals surface area (Å²) >= 11 is 18.0. The molecular formula is C24H17Cl3N2O3. The molecule has 0 aliphatic heterocycles. The van der Waals surface area contributed by atoms with Gasteiger partial charge in [0.2, 0.25) is 0 Å². The first-order chi connectivity index (χ1) is 15.4. The van der Waals surface area contributed by atoms with E-state index >= 15 is 0 Å². The second kappa shape index (κ2) is 10.9. The average Bonchev–Trinajstić information content (AvgIpc) is 2.78. The maximum absolute atomic E-state index is 12.6. The number of nitriles is 1. The molecule has 0 aliphatic carbocycles. The van der Waals surface area contributed by atoms with Gasteiger partial charge in [0.1, 0.15) is 18.2 Å². The zero-order valence-corrected chi connectivity index (χ0v) is 19.1. The van der Waals surface area contributed by atoms with Crippen molar-refractivity contribution in [1.29, 1.82) is 5.26 Å². The van der Waals surface area contributed by atoms with Crippen LogP contribution in [0.3, 0.4) is 0 Å². The number of carbonyl (C=O) groups excluding carboxylic acids is 1. The number of para-hydroxylation sites is 1. The molecule has 1 N–H and O–H groups in total. The molecule has 0 saturated carbocycles. The fourth-order valence-corrected chi connectivity index (χ4v) is 3.38. The molecule has 0 fully saturated rings. The van der Waals surface area contributed by atoms with Gasteiger partial charge in [-0.1, -0.05) is 53.0 Å². The predicted molar refractivity (Wildman–Crippen MR) is 127 cm³/mol. The van der Waals surface area contributed by atoms with E-state index in [4.69, 9.17) is 44.3 Å². The van der Waals surface area contributed by atoms with Gasteiger partial charge in [-0.3, -0.25) is 4.79 Å². The van der Waals surface area contributed by atoms with E-state index in [1.165, 1.54) is 13.2 Å². The van der Waals surface area contributed by atoms with Gasteiger partial charge in [0, 0.05) is 31.9 Å². The van der Waals surface area contributed by atoms with Crippen LogP contribution in [-0.4, -0.2) is 13.0 Å². The largest absolute Gasteiger partial charge is 0.493 e. The van der Waals surface area contributed by atoms with Crippen molar-refractivity contribution in [3.8, 4) is 17.6 Å². The summed E-state index contributed by atoms with van der Waals surface area (Å²) in [4.78, 5) is 12.6. The third-order valence-electron chi connectivity index (χ3n) is 4.38. The Morgan fingerprint density at radius 3 is 2.44 bits per heavy atom. The summed E-state index contributed by atoms with van der Waals surface area (Å²) in [5.41, 5.74) is 1.62. The number of methoxy groups -OCH3 is 1. The van der Waals surface area contributed by atoms with Gasteiger partial charge >= 0.3 is 0 Å². The van der Waals surface area contributed by atoms with E-state index in [1.54, 1.807) is 60.7 Å². The summed E-state index contributed by atoms with van der Waals surface area (Å²) in [7, 11) is 1.50. The minimum atomic E-state index is -0.565. The van der Waals surface area contributed by atoms with E-state index in [0.29, 0.717) is 37.8 Å². The minimum Gasteiger partial charge on any atom is -0.493 e. The molecule has 0 unspecified atom stereocenters. The lowest BCUT2D eigenvalue weighted by atomic mass is 10.1.